The number of likely N-dealkylation sites (tertiary alicyclic amines) is 1. The predicted octanol–water partition coefficient (Wildman–Crippen LogP) is 4.86. The quantitative estimate of drug-likeness (QED) is 0.0426. The zero-order valence-corrected chi connectivity index (χ0v) is 32.5. The van der Waals surface area contributed by atoms with E-state index in [-0.39, 0.29) is 23.2 Å². The van der Waals surface area contributed by atoms with Crippen LogP contribution < -0.4 is 10.1 Å². The fraction of sp³-hybridized carbons (Fsp3) is 0.500. The molecule has 56 heavy (non-hydrogen) atoms. The Bertz CT molecular complexity index is 1730. The van der Waals surface area contributed by atoms with Gasteiger partial charge in [0.2, 0.25) is 5.91 Å². The Morgan fingerprint density at radius 3 is 2.23 bits per heavy atom. The van der Waals surface area contributed by atoms with Crippen molar-refractivity contribution in [2.45, 2.75) is 94.3 Å². The van der Waals surface area contributed by atoms with E-state index in [2.05, 4.69) is 0 Å². The van der Waals surface area contributed by atoms with Gasteiger partial charge < -0.3 is 49.1 Å². The van der Waals surface area contributed by atoms with Crippen molar-refractivity contribution in [3.63, 3.8) is 0 Å². The number of amides is 2. The fourth-order valence-corrected chi connectivity index (χ4v) is 7.99. The third kappa shape index (κ3) is 13.6. The van der Waals surface area contributed by atoms with E-state index >= 15 is 8.78 Å². The molecule has 1 heterocycles. The number of piperidine rings is 1. The van der Waals surface area contributed by atoms with Crippen molar-refractivity contribution in [3.05, 3.63) is 77.9 Å². The molecule has 2 amide bonds. The van der Waals surface area contributed by atoms with Gasteiger partial charge in [0.05, 0.1) is 19.1 Å². The number of ether oxygens (including phenoxy) is 3. The third-order valence-corrected chi connectivity index (χ3v) is 12.8. The number of hydrogen-bond acceptors (Lipinski definition) is 10. The van der Waals surface area contributed by atoms with Crippen molar-refractivity contribution in [1.82, 2.24) is 10.2 Å². The van der Waals surface area contributed by atoms with Crippen molar-refractivity contribution in [2.75, 3.05) is 19.7 Å². The molecule has 20 heteroatoms. The molecular weight excluding hydrogens is 784 g/mol. The van der Waals surface area contributed by atoms with Gasteiger partial charge in [0.25, 0.3) is 5.08 Å². The number of rotatable bonds is 21. The molecule has 2 aromatic rings. The van der Waals surface area contributed by atoms with Gasteiger partial charge >= 0.3 is 39.1 Å². The number of halogens is 2. The molecule has 2 aromatic carbocycles. The zero-order valence-electron chi connectivity index (χ0n) is 30.7. The summed E-state index contributed by atoms with van der Waals surface area (Å²) in [6.07, 6.45) is 2.18. The number of carbonyl (C=O) groups is 4. The second-order valence-corrected chi connectivity index (χ2v) is 17.1. The summed E-state index contributed by atoms with van der Waals surface area (Å²) in [4.78, 5) is 88.1. The largest absolute Gasteiger partial charge is 0.466 e. The van der Waals surface area contributed by atoms with Gasteiger partial charge in [-0.1, -0.05) is 61.4 Å². The summed E-state index contributed by atoms with van der Waals surface area (Å²) in [6, 6.07) is 11.5. The van der Waals surface area contributed by atoms with E-state index in [0.29, 0.717) is 51.7 Å². The van der Waals surface area contributed by atoms with Gasteiger partial charge in [0, 0.05) is 37.9 Å². The number of unbranched alkanes of at least 4 members (excludes halogenated alkanes) is 3. The Labute approximate surface area is 322 Å². The molecule has 0 unspecified atom stereocenters. The Morgan fingerprint density at radius 2 is 1.61 bits per heavy atom. The smallest absolute Gasteiger partial charge is 0.412 e. The SMILES string of the molecule is CCOC(=O)CCCCCCN1C(=O)CCC[C@@H]1/C=C/[C@@H](OC(=O)Cc1ccc(OC(=O)NCCC(O)(P(=O)(O)O)P(=O)(O)O)cc1)C(F)(F)c1ccccc1. The molecule has 310 valence electrons. The minimum absolute atomic E-state index is 0.0977. The molecule has 0 saturated carbocycles. The highest BCUT2D eigenvalue weighted by molar-refractivity contribution is 7.72. The number of esters is 2. The number of hydrogen-bond donors (Lipinski definition) is 6. The molecule has 16 nitrogen and oxygen atoms in total. The zero-order chi connectivity index (χ0) is 41.6. The van der Waals surface area contributed by atoms with Crippen LogP contribution in [0.2, 0.25) is 0 Å². The normalized spacial score (nSPS) is 16.0. The van der Waals surface area contributed by atoms with Crippen LogP contribution in [-0.4, -0.2) is 90.4 Å². The van der Waals surface area contributed by atoms with Crippen LogP contribution in [0.1, 0.15) is 75.8 Å². The molecule has 6 N–H and O–H groups in total. The first-order valence-corrected chi connectivity index (χ1v) is 21.2. The number of carbonyl (C=O) groups excluding carboxylic acids is 4. The van der Waals surface area contributed by atoms with Crippen LogP contribution in [0.5, 0.6) is 5.75 Å². The number of aliphatic hydroxyl groups is 1. The van der Waals surface area contributed by atoms with Gasteiger partial charge in [-0.05, 0) is 56.4 Å². The first-order valence-electron chi connectivity index (χ1n) is 17.9. The molecule has 1 saturated heterocycles. The highest BCUT2D eigenvalue weighted by atomic mass is 31.2. The minimum atomic E-state index is -5.72. The number of benzene rings is 2. The number of nitrogens with zero attached hydrogens (tertiary/aromatic N) is 1. The minimum Gasteiger partial charge on any atom is -0.466 e. The van der Waals surface area contributed by atoms with Gasteiger partial charge in [-0.3, -0.25) is 23.5 Å². The van der Waals surface area contributed by atoms with E-state index in [1.165, 1.54) is 54.6 Å². The van der Waals surface area contributed by atoms with Crippen LogP contribution in [0.15, 0.2) is 66.7 Å². The van der Waals surface area contributed by atoms with E-state index in [1.807, 2.05) is 5.32 Å². The molecule has 0 aliphatic carbocycles. The van der Waals surface area contributed by atoms with E-state index in [0.717, 1.165) is 18.9 Å². The lowest BCUT2D eigenvalue weighted by Gasteiger charge is -2.34. The number of alkyl halides is 2. The summed E-state index contributed by atoms with van der Waals surface area (Å²) in [5, 5.41) is 8.17. The molecule has 1 fully saturated rings. The van der Waals surface area contributed by atoms with Crippen LogP contribution in [0.3, 0.4) is 0 Å². The molecule has 2 atom stereocenters. The maximum atomic E-state index is 15.9. The lowest BCUT2D eigenvalue weighted by atomic mass is 9.97. The topological polar surface area (TPSA) is 247 Å². The molecule has 1 aliphatic rings. The maximum Gasteiger partial charge on any atom is 0.412 e. The van der Waals surface area contributed by atoms with E-state index in [1.54, 1.807) is 17.9 Å². The lowest BCUT2D eigenvalue weighted by molar-refractivity contribution is -0.167. The summed E-state index contributed by atoms with van der Waals surface area (Å²) in [5.74, 6) is -5.14. The van der Waals surface area contributed by atoms with Gasteiger partial charge in [-0.25, -0.2) is 4.79 Å². The molecule has 1 aliphatic heterocycles. The summed E-state index contributed by atoms with van der Waals surface area (Å²) in [6.45, 7) is 1.65. The van der Waals surface area contributed by atoms with E-state index in [4.69, 9.17) is 14.2 Å². The van der Waals surface area contributed by atoms with E-state index < -0.39 is 75.4 Å². The van der Waals surface area contributed by atoms with E-state index in [9.17, 15) is 53.0 Å². The molecule has 0 spiro atoms. The summed E-state index contributed by atoms with van der Waals surface area (Å²) in [5.41, 5.74) is -0.108. The van der Waals surface area contributed by atoms with Crippen molar-refractivity contribution < 1.29 is 76.0 Å². The third-order valence-electron chi connectivity index (χ3n) is 8.87. The van der Waals surface area contributed by atoms with Crippen molar-refractivity contribution in [1.29, 1.82) is 0 Å². The highest BCUT2D eigenvalue weighted by Crippen LogP contribution is 2.68. The lowest BCUT2D eigenvalue weighted by Crippen LogP contribution is -2.43. The molecule has 3 rings (SSSR count). The maximum absolute atomic E-state index is 15.9. The second-order valence-electron chi connectivity index (χ2n) is 13.0. The van der Waals surface area contributed by atoms with Gasteiger partial charge in [-0.2, -0.15) is 8.78 Å². The van der Waals surface area contributed by atoms with Crippen molar-refractivity contribution >= 4 is 39.1 Å². The summed E-state index contributed by atoms with van der Waals surface area (Å²) in [7, 11) is -11.4. The molecule has 0 radical (unpaired) electrons. The molecule has 0 bridgehead atoms. The monoisotopic (exact) mass is 832 g/mol. The Hall–Kier alpha value is -4.02. The Morgan fingerprint density at radius 1 is 0.964 bits per heavy atom. The van der Waals surface area contributed by atoms with Gasteiger partial charge in [0.15, 0.2) is 6.10 Å². The molecule has 0 aromatic heterocycles. The molecular formula is C36H48F2N2O14P2. The van der Waals surface area contributed by atoms with Crippen LogP contribution in [-0.2, 0) is 45.3 Å². The Kier molecular flexibility index (Phi) is 17.3. The van der Waals surface area contributed by atoms with Crippen LogP contribution in [0.25, 0.3) is 0 Å². The summed E-state index contributed by atoms with van der Waals surface area (Å²) >= 11 is 0. The highest BCUT2D eigenvalue weighted by Gasteiger charge is 2.58. The standard InChI is InChI=1S/C36H48F2N2O14P2/c1-2-52-32(42)15-8-3-4-9-24-40-28(13-10-14-31(40)41)18-21-30(36(37,38)27-11-6-5-7-12-27)54-33(43)25-26-16-19-29(20-17-26)53-34(44)39-23-22-35(45,55(46,47)48)56(49,50)51/h5-7,11-12,16-21,28,30,45H,2-4,8-10,13-15,22-25H2,1H3,(H,39,44)(H2,46,47,48)(H2,49,50,51)/b21-18+/t28-,30-/m1/s1. The predicted molar refractivity (Wildman–Crippen MR) is 196 cm³/mol. The summed E-state index contributed by atoms with van der Waals surface area (Å²) < 4.78 is 70.1. The van der Waals surface area contributed by atoms with Gasteiger partial charge in [0.1, 0.15) is 5.75 Å². The Balaban J connectivity index is 1.64. The first kappa shape index (κ1) is 46.4. The average molecular weight is 833 g/mol. The average Bonchev–Trinajstić information content (AvgIpc) is 3.12. The van der Waals surface area contributed by atoms with Crippen LogP contribution in [0, 0.1) is 0 Å². The van der Waals surface area contributed by atoms with Gasteiger partial charge in [-0.15, -0.1) is 0 Å². The van der Waals surface area contributed by atoms with Crippen LogP contribution >= 0.6 is 15.2 Å². The fourth-order valence-electron chi connectivity index (χ4n) is 5.83. The first-order chi connectivity index (χ1) is 26.3. The van der Waals surface area contributed by atoms with Crippen LogP contribution in [0.4, 0.5) is 13.6 Å². The second kappa shape index (κ2) is 20.9. The van der Waals surface area contributed by atoms with Crippen molar-refractivity contribution in [3.8, 4) is 5.75 Å². The number of nitrogens with one attached hydrogen (secondary N) is 1. The van der Waals surface area contributed by atoms with Crippen molar-refractivity contribution in [2.24, 2.45) is 0 Å².